The molecule has 3 rings (SSSR count). The van der Waals surface area contributed by atoms with Gasteiger partial charge in [0.05, 0.1) is 24.6 Å². The highest BCUT2D eigenvalue weighted by Gasteiger charge is 2.12. The molecular weight excluding hydrogens is 366 g/mol. The molecule has 0 unspecified atom stereocenters. The Morgan fingerprint density at radius 2 is 1.89 bits per heavy atom. The molecule has 148 valence electrons. The Hall–Kier alpha value is -3.43. The molecule has 28 heavy (non-hydrogen) atoms. The number of aryl methyl sites for hydroxylation is 2. The highest BCUT2D eigenvalue weighted by Crippen LogP contribution is 2.29. The topological polar surface area (TPSA) is 118 Å². The molecule has 0 saturated heterocycles. The van der Waals surface area contributed by atoms with Crippen molar-refractivity contribution in [3.05, 3.63) is 58.1 Å². The van der Waals surface area contributed by atoms with Crippen LogP contribution >= 0.6 is 0 Å². The number of benzene rings is 1. The molecule has 2 aromatic heterocycles. The van der Waals surface area contributed by atoms with Crippen molar-refractivity contribution in [3.63, 3.8) is 0 Å². The van der Waals surface area contributed by atoms with Gasteiger partial charge in [0, 0.05) is 13.0 Å². The van der Waals surface area contributed by atoms with Crippen LogP contribution < -0.4 is 9.47 Å². The quantitative estimate of drug-likeness (QED) is 0.385. The van der Waals surface area contributed by atoms with E-state index in [1.54, 1.807) is 0 Å². The molecule has 0 N–H and O–H groups in total. The molecule has 0 spiro atoms. The van der Waals surface area contributed by atoms with Gasteiger partial charge in [-0.2, -0.15) is 5.10 Å². The van der Waals surface area contributed by atoms with Crippen LogP contribution in [0, 0.1) is 10.1 Å². The van der Waals surface area contributed by atoms with Crippen LogP contribution in [0.5, 0.6) is 11.5 Å². The van der Waals surface area contributed by atoms with E-state index < -0.39 is 4.92 Å². The Labute approximate surface area is 161 Å². The van der Waals surface area contributed by atoms with Crippen molar-refractivity contribution in [3.8, 4) is 11.5 Å². The standard InChI is InChI=1S/C18H21N5O5/c1-3-26-15-6-5-13(9-16(15)27-4-2)10-18-21-20-17(28-18)7-8-22-12-14(11-19-22)23(24)25/h5-6,9,11-12H,3-4,7-8,10H2,1-2H3. The van der Waals surface area contributed by atoms with Gasteiger partial charge < -0.3 is 13.9 Å². The summed E-state index contributed by atoms with van der Waals surface area (Å²) in [5, 5.41) is 22.7. The van der Waals surface area contributed by atoms with Gasteiger partial charge >= 0.3 is 5.69 Å². The Bertz CT molecular complexity index is 936. The third-order valence-corrected chi connectivity index (χ3v) is 3.86. The van der Waals surface area contributed by atoms with Crippen LogP contribution in [0.4, 0.5) is 5.69 Å². The normalized spacial score (nSPS) is 10.8. The number of rotatable bonds is 10. The molecule has 0 aliphatic rings. The van der Waals surface area contributed by atoms with Gasteiger partial charge in [-0.1, -0.05) is 6.07 Å². The summed E-state index contributed by atoms with van der Waals surface area (Å²) in [5.41, 5.74) is 0.914. The Kier molecular flexibility index (Phi) is 6.20. The minimum atomic E-state index is -0.484. The average Bonchev–Trinajstić information content (AvgIpc) is 3.32. The molecule has 10 nitrogen and oxygen atoms in total. The molecule has 10 heteroatoms. The first-order valence-electron chi connectivity index (χ1n) is 8.95. The molecule has 0 bridgehead atoms. The highest BCUT2D eigenvalue weighted by atomic mass is 16.6. The molecule has 2 heterocycles. The van der Waals surface area contributed by atoms with Gasteiger partial charge in [-0.25, -0.2) is 0 Å². The zero-order valence-electron chi connectivity index (χ0n) is 15.7. The predicted octanol–water partition coefficient (Wildman–Crippen LogP) is 2.81. The first-order valence-corrected chi connectivity index (χ1v) is 8.95. The number of nitrogens with zero attached hydrogens (tertiary/aromatic N) is 5. The summed E-state index contributed by atoms with van der Waals surface area (Å²) in [7, 11) is 0. The largest absolute Gasteiger partial charge is 0.490 e. The van der Waals surface area contributed by atoms with E-state index in [1.807, 2.05) is 32.0 Å². The summed E-state index contributed by atoms with van der Waals surface area (Å²) in [5.74, 6) is 2.31. The molecule has 0 fully saturated rings. The monoisotopic (exact) mass is 387 g/mol. The van der Waals surface area contributed by atoms with Gasteiger partial charge in [0.1, 0.15) is 12.4 Å². The number of aromatic nitrogens is 4. The summed E-state index contributed by atoms with van der Waals surface area (Å²) in [6.07, 6.45) is 3.47. The van der Waals surface area contributed by atoms with Gasteiger partial charge in [0.2, 0.25) is 11.8 Å². The molecule has 0 aliphatic carbocycles. The lowest BCUT2D eigenvalue weighted by Crippen LogP contribution is -2.01. The number of hydrogen-bond donors (Lipinski definition) is 0. The van der Waals surface area contributed by atoms with Crippen molar-refractivity contribution < 1.29 is 18.8 Å². The van der Waals surface area contributed by atoms with Crippen LogP contribution in [0.15, 0.2) is 35.0 Å². The summed E-state index contributed by atoms with van der Waals surface area (Å²) in [6.45, 7) is 5.35. The average molecular weight is 387 g/mol. The Morgan fingerprint density at radius 1 is 1.14 bits per heavy atom. The second-order valence-corrected chi connectivity index (χ2v) is 5.88. The van der Waals surface area contributed by atoms with Gasteiger partial charge in [-0.05, 0) is 31.5 Å². The smallest absolute Gasteiger partial charge is 0.306 e. The molecule has 0 atom stereocenters. The molecule has 0 aliphatic heterocycles. The maximum absolute atomic E-state index is 10.7. The van der Waals surface area contributed by atoms with E-state index in [1.165, 1.54) is 17.1 Å². The van der Waals surface area contributed by atoms with E-state index in [2.05, 4.69) is 15.3 Å². The second kappa shape index (κ2) is 8.98. The fourth-order valence-corrected chi connectivity index (χ4v) is 2.62. The third-order valence-electron chi connectivity index (χ3n) is 3.86. The Morgan fingerprint density at radius 3 is 2.61 bits per heavy atom. The van der Waals surface area contributed by atoms with Crippen molar-refractivity contribution in [2.75, 3.05) is 13.2 Å². The van der Waals surface area contributed by atoms with Crippen molar-refractivity contribution in [2.45, 2.75) is 33.2 Å². The van der Waals surface area contributed by atoms with Crippen molar-refractivity contribution in [2.24, 2.45) is 0 Å². The summed E-state index contributed by atoms with van der Waals surface area (Å²) >= 11 is 0. The predicted molar refractivity (Wildman–Crippen MR) is 98.5 cm³/mol. The van der Waals surface area contributed by atoms with Gasteiger partial charge in [-0.15, -0.1) is 10.2 Å². The lowest BCUT2D eigenvalue weighted by Gasteiger charge is -2.11. The minimum absolute atomic E-state index is 0.0492. The molecule has 0 radical (unpaired) electrons. The van der Waals surface area contributed by atoms with Crippen molar-refractivity contribution in [1.82, 2.24) is 20.0 Å². The van der Waals surface area contributed by atoms with Crippen LogP contribution in [0.3, 0.4) is 0 Å². The van der Waals surface area contributed by atoms with Crippen LogP contribution in [0.25, 0.3) is 0 Å². The van der Waals surface area contributed by atoms with Crippen LogP contribution in [0.2, 0.25) is 0 Å². The molecular formula is C18H21N5O5. The van der Waals surface area contributed by atoms with Crippen LogP contribution in [-0.4, -0.2) is 38.1 Å². The zero-order valence-corrected chi connectivity index (χ0v) is 15.7. The summed E-state index contributed by atoms with van der Waals surface area (Å²) in [4.78, 5) is 10.2. The SMILES string of the molecule is CCOc1ccc(Cc2nnc(CCn3cc([N+](=O)[O-])cn3)o2)cc1OCC. The van der Waals surface area contributed by atoms with E-state index in [-0.39, 0.29) is 5.69 Å². The number of hydrogen-bond acceptors (Lipinski definition) is 8. The van der Waals surface area contributed by atoms with E-state index in [0.29, 0.717) is 55.9 Å². The fourth-order valence-electron chi connectivity index (χ4n) is 2.62. The fraction of sp³-hybridized carbons (Fsp3) is 0.389. The van der Waals surface area contributed by atoms with Crippen LogP contribution in [-0.2, 0) is 19.4 Å². The van der Waals surface area contributed by atoms with Crippen molar-refractivity contribution in [1.29, 1.82) is 0 Å². The first kappa shape index (κ1) is 19.3. The van der Waals surface area contributed by atoms with Gasteiger partial charge in [0.25, 0.3) is 0 Å². The first-order chi connectivity index (χ1) is 13.6. The van der Waals surface area contributed by atoms with Gasteiger partial charge in [-0.3, -0.25) is 14.8 Å². The van der Waals surface area contributed by atoms with E-state index >= 15 is 0 Å². The molecule has 3 aromatic rings. The third kappa shape index (κ3) is 4.84. The Balaban J connectivity index is 1.62. The second-order valence-electron chi connectivity index (χ2n) is 5.88. The zero-order chi connectivity index (χ0) is 19.9. The molecule has 0 amide bonds. The van der Waals surface area contributed by atoms with E-state index in [9.17, 15) is 10.1 Å². The molecule has 0 saturated carbocycles. The summed E-state index contributed by atoms with van der Waals surface area (Å²) in [6, 6.07) is 5.70. The van der Waals surface area contributed by atoms with Gasteiger partial charge in [0.15, 0.2) is 11.5 Å². The number of ether oxygens (including phenoxy) is 2. The van der Waals surface area contributed by atoms with E-state index in [0.717, 1.165) is 5.56 Å². The lowest BCUT2D eigenvalue weighted by molar-refractivity contribution is -0.385. The maximum atomic E-state index is 10.7. The van der Waals surface area contributed by atoms with Crippen molar-refractivity contribution >= 4 is 5.69 Å². The summed E-state index contributed by atoms with van der Waals surface area (Å²) < 4.78 is 18.3. The lowest BCUT2D eigenvalue weighted by atomic mass is 10.1. The molecule has 1 aromatic carbocycles. The minimum Gasteiger partial charge on any atom is -0.490 e. The number of nitro groups is 1. The van der Waals surface area contributed by atoms with Crippen LogP contribution in [0.1, 0.15) is 31.2 Å². The maximum Gasteiger partial charge on any atom is 0.306 e. The highest BCUT2D eigenvalue weighted by molar-refractivity contribution is 5.43. The van der Waals surface area contributed by atoms with E-state index in [4.69, 9.17) is 13.9 Å².